The van der Waals surface area contributed by atoms with Crippen LogP contribution in [0.15, 0.2) is 23.8 Å². The molecule has 4 atom stereocenters. The number of benzene rings is 1. The van der Waals surface area contributed by atoms with Gasteiger partial charge in [-0.2, -0.15) is 0 Å². The number of methoxy groups -OCH3 is 1. The predicted molar refractivity (Wildman–Crippen MR) is 88.2 cm³/mol. The maximum atomic E-state index is 12.0. The largest absolute Gasteiger partial charge is 0.508 e. The molecular formula is C19H22O6. The number of ether oxygens (including phenoxy) is 3. The zero-order valence-corrected chi connectivity index (χ0v) is 14.3. The first-order valence-electron chi connectivity index (χ1n) is 8.59. The number of fused-ring (bicyclic) bond motifs is 2. The zero-order chi connectivity index (χ0) is 17.8. The number of allylic oxidation sites excluding steroid dienone is 1. The minimum Gasteiger partial charge on any atom is -0.508 e. The lowest BCUT2D eigenvalue weighted by Gasteiger charge is -2.25. The van der Waals surface area contributed by atoms with Crippen LogP contribution in [0.1, 0.15) is 55.9 Å². The van der Waals surface area contributed by atoms with Crippen LogP contribution < -0.4 is 0 Å². The number of aromatic hydroxyl groups is 2. The third kappa shape index (κ3) is 2.43. The van der Waals surface area contributed by atoms with Crippen LogP contribution in [0.4, 0.5) is 0 Å². The van der Waals surface area contributed by atoms with Gasteiger partial charge in [-0.05, 0) is 43.9 Å². The van der Waals surface area contributed by atoms with E-state index in [1.54, 1.807) is 7.11 Å². The smallest absolute Gasteiger partial charge is 0.309 e. The van der Waals surface area contributed by atoms with Gasteiger partial charge in [0.05, 0.1) is 12.5 Å². The summed E-state index contributed by atoms with van der Waals surface area (Å²) in [4.78, 5) is 12.0. The second-order valence-electron chi connectivity index (χ2n) is 7.03. The Morgan fingerprint density at radius 2 is 1.96 bits per heavy atom. The van der Waals surface area contributed by atoms with Crippen LogP contribution in [-0.4, -0.2) is 35.0 Å². The highest BCUT2D eigenvalue weighted by Gasteiger charge is 2.68. The highest BCUT2D eigenvalue weighted by atomic mass is 16.7. The molecule has 1 aliphatic carbocycles. The minimum atomic E-state index is -0.742. The first kappa shape index (κ1) is 16.4. The topological polar surface area (TPSA) is 88.5 Å². The number of rotatable bonds is 1. The average molecular weight is 346 g/mol. The second-order valence-corrected chi connectivity index (χ2v) is 7.03. The zero-order valence-electron chi connectivity index (χ0n) is 14.3. The molecule has 0 radical (unpaired) electrons. The maximum Gasteiger partial charge on any atom is 0.309 e. The number of phenols is 2. The Morgan fingerprint density at radius 3 is 2.68 bits per heavy atom. The van der Waals surface area contributed by atoms with Crippen molar-refractivity contribution in [2.45, 2.75) is 56.5 Å². The van der Waals surface area contributed by atoms with E-state index in [-0.39, 0.29) is 30.0 Å². The number of carbonyl (C=O) groups is 1. The van der Waals surface area contributed by atoms with E-state index in [2.05, 4.69) is 6.08 Å². The number of hydrogen-bond donors (Lipinski definition) is 2. The van der Waals surface area contributed by atoms with Crippen molar-refractivity contribution in [2.75, 3.05) is 7.11 Å². The van der Waals surface area contributed by atoms with Gasteiger partial charge in [-0.3, -0.25) is 4.79 Å². The van der Waals surface area contributed by atoms with E-state index in [1.807, 2.05) is 6.92 Å². The molecule has 1 aromatic carbocycles. The van der Waals surface area contributed by atoms with E-state index in [1.165, 1.54) is 12.1 Å². The fourth-order valence-electron chi connectivity index (χ4n) is 4.25. The van der Waals surface area contributed by atoms with E-state index in [4.69, 9.17) is 14.2 Å². The minimum absolute atomic E-state index is 0.00180. The summed E-state index contributed by atoms with van der Waals surface area (Å²) in [5.74, 6) is -0.378. The molecule has 0 amide bonds. The van der Waals surface area contributed by atoms with E-state index in [9.17, 15) is 15.0 Å². The SMILES string of the molecule is COC1C(C)=CCCCC2OC23CC(=O)OC3c2c(O)ccc(O)c21. The number of esters is 1. The van der Waals surface area contributed by atoms with Gasteiger partial charge in [0.1, 0.15) is 23.2 Å². The maximum absolute atomic E-state index is 12.0. The number of phenolic OH excluding ortho intramolecular Hbond substituents is 2. The fourth-order valence-corrected chi connectivity index (χ4v) is 4.25. The van der Waals surface area contributed by atoms with Crippen LogP contribution in [-0.2, 0) is 19.0 Å². The Kier molecular flexibility index (Phi) is 3.77. The Balaban J connectivity index is 1.94. The monoisotopic (exact) mass is 346 g/mol. The second kappa shape index (κ2) is 5.75. The first-order valence-corrected chi connectivity index (χ1v) is 8.59. The molecule has 2 heterocycles. The summed E-state index contributed by atoms with van der Waals surface area (Å²) < 4.78 is 17.1. The standard InChI is InChI=1S/C19H22O6/c1-10-5-3-4-6-13-19(25-13)9-14(22)24-18(19)16-12(21)8-7-11(20)15(16)17(10)23-2/h5,7-8,13,17-18,20-21H,3-4,6,9H2,1-2H3. The molecule has 6 heteroatoms. The Labute approximate surface area is 146 Å². The summed E-state index contributed by atoms with van der Waals surface area (Å²) in [6.45, 7) is 1.94. The molecule has 1 spiro atoms. The quantitative estimate of drug-likeness (QED) is 0.352. The molecule has 6 nitrogen and oxygen atoms in total. The normalized spacial score (nSPS) is 34.1. The molecule has 3 aliphatic rings. The van der Waals surface area contributed by atoms with Gasteiger partial charge >= 0.3 is 5.97 Å². The lowest BCUT2D eigenvalue weighted by molar-refractivity contribution is -0.142. The van der Waals surface area contributed by atoms with E-state index in [0.717, 1.165) is 24.8 Å². The van der Waals surface area contributed by atoms with Crippen molar-refractivity contribution in [3.8, 4) is 11.5 Å². The molecule has 4 unspecified atom stereocenters. The van der Waals surface area contributed by atoms with Gasteiger partial charge in [-0.1, -0.05) is 6.08 Å². The third-order valence-corrected chi connectivity index (χ3v) is 5.51. The van der Waals surface area contributed by atoms with Gasteiger partial charge in [0.25, 0.3) is 0 Å². The van der Waals surface area contributed by atoms with Crippen molar-refractivity contribution >= 4 is 5.97 Å². The molecule has 2 aliphatic heterocycles. The van der Waals surface area contributed by atoms with Crippen molar-refractivity contribution in [3.05, 3.63) is 34.9 Å². The number of epoxide rings is 1. The summed E-state index contributed by atoms with van der Waals surface area (Å²) in [6.07, 6.45) is 3.51. The molecule has 2 saturated heterocycles. The van der Waals surface area contributed by atoms with E-state index in [0.29, 0.717) is 11.1 Å². The van der Waals surface area contributed by atoms with Gasteiger partial charge in [0, 0.05) is 18.2 Å². The summed E-state index contributed by atoms with van der Waals surface area (Å²) >= 11 is 0. The van der Waals surface area contributed by atoms with Crippen molar-refractivity contribution in [2.24, 2.45) is 0 Å². The highest BCUT2D eigenvalue weighted by molar-refractivity contribution is 5.76. The van der Waals surface area contributed by atoms with Crippen LogP contribution in [0.2, 0.25) is 0 Å². The summed E-state index contributed by atoms with van der Waals surface area (Å²) in [6, 6.07) is 2.85. The van der Waals surface area contributed by atoms with Crippen molar-refractivity contribution < 1.29 is 29.2 Å². The summed E-state index contributed by atoms with van der Waals surface area (Å²) in [5, 5.41) is 21.1. The lowest BCUT2D eigenvalue weighted by atomic mass is 9.85. The number of carbonyl (C=O) groups excluding carboxylic acids is 1. The summed E-state index contributed by atoms with van der Waals surface area (Å²) in [5.41, 5.74) is 1.02. The molecule has 0 aromatic heterocycles. The molecule has 0 saturated carbocycles. The highest BCUT2D eigenvalue weighted by Crippen LogP contribution is 2.60. The molecule has 4 rings (SSSR count). The Hall–Kier alpha value is -2.05. The molecule has 134 valence electrons. The van der Waals surface area contributed by atoms with Crippen molar-refractivity contribution in [3.63, 3.8) is 0 Å². The van der Waals surface area contributed by atoms with Crippen LogP contribution in [0.5, 0.6) is 11.5 Å². The molecular weight excluding hydrogens is 324 g/mol. The Morgan fingerprint density at radius 1 is 1.24 bits per heavy atom. The Bertz CT molecular complexity index is 755. The molecule has 2 fully saturated rings. The molecule has 1 aromatic rings. The summed E-state index contributed by atoms with van der Waals surface area (Å²) in [7, 11) is 1.56. The molecule has 0 bridgehead atoms. The predicted octanol–water partition coefficient (Wildman–Crippen LogP) is 3.04. The first-order chi connectivity index (χ1) is 12.0. The van der Waals surface area contributed by atoms with Gasteiger partial charge < -0.3 is 24.4 Å². The van der Waals surface area contributed by atoms with Crippen LogP contribution in [0.3, 0.4) is 0 Å². The molecule has 2 N–H and O–H groups in total. The molecule has 25 heavy (non-hydrogen) atoms. The van der Waals surface area contributed by atoms with Crippen LogP contribution >= 0.6 is 0 Å². The van der Waals surface area contributed by atoms with Crippen LogP contribution in [0.25, 0.3) is 0 Å². The van der Waals surface area contributed by atoms with Crippen molar-refractivity contribution in [1.82, 2.24) is 0 Å². The lowest BCUT2D eigenvalue weighted by Crippen LogP contribution is -2.22. The van der Waals surface area contributed by atoms with Gasteiger partial charge in [0.15, 0.2) is 6.10 Å². The number of hydrogen-bond acceptors (Lipinski definition) is 6. The van der Waals surface area contributed by atoms with E-state index >= 15 is 0 Å². The van der Waals surface area contributed by atoms with Crippen LogP contribution in [0, 0.1) is 0 Å². The van der Waals surface area contributed by atoms with Gasteiger partial charge in [-0.25, -0.2) is 0 Å². The van der Waals surface area contributed by atoms with Gasteiger partial charge in [0.2, 0.25) is 0 Å². The van der Waals surface area contributed by atoms with Gasteiger partial charge in [-0.15, -0.1) is 0 Å². The van der Waals surface area contributed by atoms with Crippen molar-refractivity contribution in [1.29, 1.82) is 0 Å². The van der Waals surface area contributed by atoms with E-state index < -0.39 is 17.8 Å². The average Bonchev–Trinajstić information content (AvgIpc) is 3.15. The third-order valence-electron chi connectivity index (χ3n) is 5.51. The fraction of sp³-hybridized carbons (Fsp3) is 0.526.